The Hall–Kier alpha value is -1.30. The van der Waals surface area contributed by atoms with E-state index in [1.54, 1.807) is 11.8 Å². The lowest BCUT2D eigenvalue weighted by atomic mass is 10.00. The summed E-state index contributed by atoms with van der Waals surface area (Å²) in [6.45, 7) is 13.6. The fourth-order valence-corrected chi connectivity index (χ4v) is 2.04. The van der Waals surface area contributed by atoms with E-state index in [1.807, 2.05) is 6.92 Å². The van der Waals surface area contributed by atoms with Gasteiger partial charge in [-0.3, -0.25) is 0 Å². The molecule has 0 heterocycles. The zero-order valence-electron chi connectivity index (χ0n) is 14.1. The molecule has 124 valence electrons. The lowest BCUT2D eigenvalue weighted by Gasteiger charge is -2.30. The van der Waals surface area contributed by atoms with Crippen molar-refractivity contribution >= 4 is 12.0 Å². The Morgan fingerprint density at radius 3 is 2.00 bits per heavy atom. The summed E-state index contributed by atoms with van der Waals surface area (Å²) in [5, 5.41) is 11.8. The molecule has 1 atom stereocenters. The van der Waals surface area contributed by atoms with E-state index in [-0.39, 0.29) is 6.03 Å². The number of carbonyl (C=O) groups excluding carboxylic acids is 1. The molecule has 2 amide bonds. The fraction of sp³-hybridized carbons (Fsp3) is 0.867. The third kappa shape index (κ3) is 6.33. The second-order valence-corrected chi connectivity index (χ2v) is 5.38. The number of amides is 2. The van der Waals surface area contributed by atoms with Crippen molar-refractivity contribution in [2.75, 3.05) is 32.7 Å². The van der Waals surface area contributed by atoms with Crippen LogP contribution in [0.4, 0.5) is 4.79 Å². The predicted molar refractivity (Wildman–Crippen MR) is 84.5 cm³/mol. The normalized spacial score (nSPS) is 13.8. The van der Waals surface area contributed by atoms with Gasteiger partial charge in [0, 0.05) is 13.1 Å². The van der Waals surface area contributed by atoms with Crippen molar-refractivity contribution in [3.05, 3.63) is 0 Å². The first kappa shape index (κ1) is 19.7. The third-order valence-electron chi connectivity index (χ3n) is 4.03. The van der Waals surface area contributed by atoms with Crippen molar-refractivity contribution in [3.63, 3.8) is 0 Å². The van der Waals surface area contributed by atoms with Gasteiger partial charge in [-0.15, -0.1) is 0 Å². The molecule has 0 bridgehead atoms. The maximum atomic E-state index is 12.2. The largest absolute Gasteiger partial charge is 0.480 e. The van der Waals surface area contributed by atoms with Crippen molar-refractivity contribution < 1.29 is 14.7 Å². The molecule has 0 aliphatic heterocycles. The van der Waals surface area contributed by atoms with E-state index in [9.17, 15) is 14.7 Å². The van der Waals surface area contributed by atoms with E-state index in [2.05, 4.69) is 24.1 Å². The molecular weight excluding hydrogens is 270 g/mol. The van der Waals surface area contributed by atoms with Crippen LogP contribution in [0.25, 0.3) is 0 Å². The molecule has 0 saturated carbocycles. The molecule has 6 nitrogen and oxygen atoms in total. The molecular formula is C15H31N3O3. The minimum absolute atomic E-state index is 0.302. The Morgan fingerprint density at radius 1 is 1.05 bits per heavy atom. The quantitative estimate of drug-likeness (QED) is 0.647. The van der Waals surface area contributed by atoms with Crippen LogP contribution in [0.15, 0.2) is 0 Å². The first-order chi connectivity index (χ1) is 9.84. The Balaban J connectivity index is 4.46. The van der Waals surface area contributed by atoms with Crippen LogP contribution in [-0.2, 0) is 4.79 Å². The van der Waals surface area contributed by atoms with E-state index in [0.717, 1.165) is 26.1 Å². The lowest BCUT2D eigenvalue weighted by Crippen LogP contribution is -2.56. The zero-order chi connectivity index (χ0) is 16.5. The molecule has 0 aromatic heterocycles. The molecule has 0 saturated heterocycles. The van der Waals surface area contributed by atoms with Crippen LogP contribution in [0.2, 0.25) is 0 Å². The molecule has 0 aromatic rings. The maximum absolute atomic E-state index is 12.2. The number of nitrogens with one attached hydrogen (secondary N) is 1. The van der Waals surface area contributed by atoms with Crippen molar-refractivity contribution in [2.24, 2.45) is 0 Å². The van der Waals surface area contributed by atoms with E-state index >= 15 is 0 Å². The highest BCUT2D eigenvalue weighted by atomic mass is 16.4. The molecule has 0 aliphatic rings. The maximum Gasteiger partial charge on any atom is 0.329 e. The van der Waals surface area contributed by atoms with Gasteiger partial charge in [0.2, 0.25) is 0 Å². The van der Waals surface area contributed by atoms with Gasteiger partial charge in [0.15, 0.2) is 0 Å². The van der Waals surface area contributed by atoms with Gasteiger partial charge < -0.3 is 20.2 Å². The minimum Gasteiger partial charge on any atom is -0.480 e. The highest BCUT2D eigenvalue weighted by molar-refractivity contribution is 5.85. The summed E-state index contributed by atoms with van der Waals surface area (Å²) in [5.74, 6) is -1.00. The van der Waals surface area contributed by atoms with Crippen LogP contribution in [0.1, 0.15) is 47.5 Å². The number of aliphatic carboxylic acids is 1. The smallest absolute Gasteiger partial charge is 0.329 e. The van der Waals surface area contributed by atoms with E-state index in [4.69, 9.17) is 0 Å². The Morgan fingerprint density at radius 2 is 1.62 bits per heavy atom. The molecule has 6 heteroatoms. The predicted octanol–water partition coefficient (Wildman–Crippen LogP) is 2.00. The van der Waals surface area contributed by atoms with Gasteiger partial charge in [0.05, 0.1) is 0 Å². The summed E-state index contributed by atoms with van der Waals surface area (Å²) in [7, 11) is 0. The van der Waals surface area contributed by atoms with Crippen LogP contribution in [0.3, 0.4) is 0 Å². The van der Waals surface area contributed by atoms with Crippen LogP contribution in [0.5, 0.6) is 0 Å². The summed E-state index contributed by atoms with van der Waals surface area (Å²) < 4.78 is 0. The number of nitrogens with zero attached hydrogens (tertiary/aromatic N) is 2. The van der Waals surface area contributed by atoms with Crippen molar-refractivity contribution in [2.45, 2.75) is 53.0 Å². The summed E-state index contributed by atoms with van der Waals surface area (Å²) in [6, 6.07) is -0.302. The number of urea groups is 1. The van der Waals surface area contributed by atoms with Crippen molar-refractivity contribution in [3.8, 4) is 0 Å². The molecule has 0 radical (unpaired) electrons. The Bertz CT molecular complexity index is 332. The highest BCUT2D eigenvalue weighted by Gasteiger charge is 2.33. The van der Waals surface area contributed by atoms with Gasteiger partial charge in [-0.1, -0.05) is 20.8 Å². The second-order valence-electron chi connectivity index (χ2n) is 5.38. The monoisotopic (exact) mass is 301 g/mol. The second kappa shape index (κ2) is 9.60. The van der Waals surface area contributed by atoms with Crippen LogP contribution in [-0.4, -0.2) is 65.2 Å². The third-order valence-corrected chi connectivity index (χ3v) is 4.03. The van der Waals surface area contributed by atoms with Gasteiger partial charge in [-0.25, -0.2) is 9.59 Å². The van der Waals surface area contributed by atoms with Crippen LogP contribution >= 0.6 is 0 Å². The average molecular weight is 301 g/mol. The van der Waals surface area contributed by atoms with Gasteiger partial charge in [0.1, 0.15) is 5.54 Å². The molecule has 0 rings (SSSR count). The number of carbonyl (C=O) groups is 2. The summed E-state index contributed by atoms with van der Waals surface area (Å²) in [5.41, 5.74) is -1.20. The Kier molecular flexibility index (Phi) is 9.01. The van der Waals surface area contributed by atoms with Gasteiger partial charge >= 0.3 is 12.0 Å². The molecule has 0 aromatic carbocycles. The van der Waals surface area contributed by atoms with Crippen molar-refractivity contribution in [1.82, 2.24) is 15.1 Å². The number of hydrogen-bond acceptors (Lipinski definition) is 3. The van der Waals surface area contributed by atoms with Gasteiger partial charge in [-0.05, 0) is 46.3 Å². The fourth-order valence-electron chi connectivity index (χ4n) is 2.04. The van der Waals surface area contributed by atoms with Gasteiger partial charge in [0.25, 0.3) is 0 Å². The summed E-state index contributed by atoms with van der Waals surface area (Å²) in [6.07, 6.45) is 1.24. The van der Waals surface area contributed by atoms with E-state index in [1.165, 1.54) is 6.92 Å². The standard InChI is InChI=1S/C15H31N3O3/c1-6-15(5,13(19)20)16-14(21)18(9-4)12-10-11-17(7-2)8-3/h6-12H2,1-5H3,(H,16,21)(H,19,20). The lowest BCUT2D eigenvalue weighted by molar-refractivity contribution is -0.143. The number of carboxylic acid groups (broad SMARTS) is 1. The highest BCUT2D eigenvalue weighted by Crippen LogP contribution is 2.10. The average Bonchev–Trinajstić information content (AvgIpc) is 2.47. The summed E-state index contributed by atoms with van der Waals surface area (Å²) in [4.78, 5) is 27.4. The van der Waals surface area contributed by atoms with Crippen LogP contribution in [0, 0.1) is 0 Å². The molecule has 2 N–H and O–H groups in total. The Labute approximate surface area is 128 Å². The van der Waals surface area contributed by atoms with Gasteiger partial charge in [-0.2, -0.15) is 0 Å². The van der Waals surface area contributed by atoms with Crippen LogP contribution < -0.4 is 5.32 Å². The molecule has 0 fully saturated rings. The molecule has 0 aliphatic carbocycles. The zero-order valence-corrected chi connectivity index (χ0v) is 14.1. The van der Waals surface area contributed by atoms with E-state index < -0.39 is 11.5 Å². The topological polar surface area (TPSA) is 72.9 Å². The van der Waals surface area contributed by atoms with Crippen molar-refractivity contribution in [1.29, 1.82) is 0 Å². The van der Waals surface area contributed by atoms with E-state index in [0.29, 0.717) is 19.5 Å². The molecule has 1 unspecified atom stereocenters. The molecule has 21 heavy (non-hydrogen) atoms. The number of carboxylic acids is 1. The summed E-state index contributed by atoms with van der Waals surface area (Å²) >= 11 is 0. The first-order valence-corrected chi connectivity index (χ1v) is 7.87. The number of hydrogen-bond donors (Lipinski definition) is 2. The first-order valence-electron chi connectivity index (χ1n) is 7.87. The SMILES string of the molecule is CCN(CC)CCCN(CC)C(=O)NC(C)(CC)C(=O)O. The minimum atomic E-state index is -1.20. The molecule has 0 spiro atoms. The number of rotatable bonds is 10.